The van der Waals surface area contributed by atoms with E-state index < -0.39 is 0 Å². The fourth-order valence-corrected chi connectivity index (χ4v) is 4.01. The summed E-state index contributed by atoms with van der Waals surface area (Å²) in [5.74, 6) is 0.689. The zero-order valence-corrected chi connectivity index (χ0v) is 17.2. The summed E-state index contributed by atoms with van der Waals surface area (Å²) in [4.78, 5) is 17.3. The number of hydrogen-bond acceptors (Lipinski definition) is 4. The van der Waals surface area contributed by atoms with Crippen LogP contribution in [0.15, 0.2) is 60.3 Å². The van der Waals surface area contributed by atoms with Crippen molar-refractivity contribution in [1.29, 1.82) is 0 Å². The van der Waals surface area contributed by atoms with E-state index in [0.29, 0.717) is 18.2 Å². The molecule has 0 saturated carbocycles. The number of unbranched alkanes of at least 4 members (excludes halogenated alkanes) is 1. The van der Waals surface area contributed by atoms with Gasteiger partial charge in [0.2, 0.25) is 0 Å². The molecule has 2 aromatic carbocycles. The number of amides is 1. The molecule has 0 aliphatic carbocycles. The molecule has 1 N–H and O–H groups in total. The van der Waals surface area contributed by atoms with Crippen LogP contribution in [0.25, 0.3) is 0 Å². The molecule has 1 atom stereocenters. The Morgan fingerprint density at radius 2 is 1.90 bits per heavy atom. The zero-order valence-electron chi connectivity index (χ0n) is 17.2. The van der Waals surface area contributed by atoms with Crippen molar-refractivity contribution in [1.82, 2.24) is 4.90 Å². The number of ether oxygens (including phenoxy) is 1. The van der Waals surface area contributed by atoms with Gasteiger partial charge in [-0.15, -0.1) is 0 Å². The summed E-state index contributed by atoms with van der Waals surface area (Å²) in [6.07, 6.45) is 5.62. The lowest BCUT2D eigenvalue weighted by Gasteiger charge is -2.21. The molecule has 5 heteroatoms. The van der Waals surface area contributed by atoms with Crippen LogP contribution in [-0.2, 0) is 0 Å². The molecule has 0 radical (unpaired) electrons. The number of hydrogen-bond donors (Lipinski definition) is 1. The first-order chi connectivity index (χ1) is 14.2. The Hall–Kier alpha value is -2.79. The van der Waals surface area contributed by atoms with Crippen molar-refractivity contribution in [3.63, 3.8) is 0 Å². The fraction of sp³-hybridized carbons (Fsp3) is 0.375. The number of carbonyl (C=O) groups excluding carboxylic acids is 1. The lowest BCUT2D eigenvalue weighted by molar-refractivity contribution is 0.102. The summed E-state index contributed by atoms with van der Waals surface area (Å²) in [5.41, 5.74) is 4.01. The van der Waals surface area contributed by atoms with Crippen LogP contribution in [0.4, 0.5) is 11.4 Å². The van der Waals surface area contributed by atoms with E-state index in [1.54, 1.807) is 12.1 Å². The minimum absolute atomic E-state index is 0.112. The van der Waals surface area contributed by atoms with Gasteiger partial charge < -0.3 is 15.0 Å². The maximum atomic E-state index is 12.5. The van der Waals surface area contributed by atoms with Gasteiger partial charge in [0.25, 0.3) is 5.91 Å². The summed E-state index contributed by atoms with van der Waals surface area (Å²) in [6.45, 7) is 4.90. The number of nitrogens with one attached hydrogen (secondary N) is 1. The van der Waals surface area contributed by atoms with Gasteiger partial charge in [-0.1, -0.05) is 13.3 Å². The van der Waals surface area contributed by atoms with E-state index in [-0.39, 0.29) is 5.91 Å². The van der Waals surface area contributed by atoms with E-state index in [2.05, 4.69) is 47.3 Å². The third kappa shape index (κ3) is 4.30. The molecule has 2 aliphatic rings. The van der Waals surface area contributed by atoms with Crippen LogP contribution < -0.4 is 15.0 Å². The van der Waals surface area contributed by atoms with Crippen molar-refractivity contribution in [3.05, 3.63) is 65.9 Å². The van der Waals surface area contributed by atoms with Crippen molar-refractivity contribution in [2.24, 2.45) is 0 Å². The van der Waals surface area contributed by atoms with Crippen LogP contribution in [-0.4, -0.2) is 43.6 Å². The molecule has 0 spiro atoms. The van der Waals surface area contributed by atoms with Crippen LogP contribution in [0.5, 0.6) is 5.75 Å². The number of likely N-dealkylation sites (N-methyl/N-ethyl adjacent to an activating group) is 1. The van der Waals surface area contributed by atoms with Crippen LogP contribution in [0.3, 0.4) is 0 Å². The molecular formula is C24H29N3O2. The molecule has 5 nitrogen and oxygen atoms in total. The van der Waals surface area contributed by atoms with E-state index >= 15 is 0 Å². The molecule has 1 amide bonds. The van der Waals surface area contributed by atoms with Crippen LogP contribution in [0.1, 0.15) is 36.5 Å². The maximum absolute atomic E-state index is 12.5. The SMILES string of the molecule is CCCCOc1ccc(C(=O)Nc2ccc(N3CCC4C3=CCN4C)cc2)cc1. The molecule has 1 unspecified atom stereocenters. The monoisotopic (exact) mass is 391 g/mol. The second kappa shape index (κ2) is 8.70. The quantitative estimate of drug-likeness (QED) is 0.705. The van der Waals surface area contributed by atoms with Gasteiger partial charge in [0, 0.05) is 35.7 Å². The third-order valence-electron chi connectivity index (χ3n) is 5.72. The highest BCUT2D eigenvalue weighted by Gasteiger charge is 2.34. The summed E-state index contributed by atoms with van der Waals surface area (Å²) in [6, 6.07) is 16.0. The molecule has 0 aromatic heterocycles. The normalized spacial score (nSPS) is 18.5. The van der Waals surface area contributed by atoms with E-state index in [1.165, 1.54) is 17.8 Å². The first-order valence-electron chi connectivity index (χ1n) is 10.5. The van der Waals surface area contributed by atoms with Gasteiger partial charge in [-0.25, -0.2) is 0 Å². The Morgan fingerprint density at radius 1 is 1.14 bits per heavy atom. The van der Waals surface area contributed by atoms with Crippen molar-refractivity contribution < 1.29 is 9.53 Å². The first-order valence-corrected chi connectivity index (χ1v) is 10.5. The highest BCUT2D eigenvalue weighted by molar-refractivity contribution is 6.04. The predicted octanol–water partition coefficient (Wildman–Crippen LogP) is 4.53. The van der Waals surface area contributed by atoms with Gasteiger partial charge >= 0.3 is 0 Å². The van der Waals surface area contributed by atoms with Crippen molar-refractivity contribution in [2.75, 3.05) is 37.0 Å². The minimum Gasteiger partial charge on any atom is -0.494 e. The molecule has 1 saturated heterocycles. The summed E-state index contributed by atoms with van der Waals surface area (Å²) in [5, 5.41) is 2.98. The van der Waals surface area contributed by atoms with E-state index in [0.717, 1.165) is 37.4 Å². The second-order valence-corrected chi connectivity index (χ2v) is 7.75. The highest BCUT2D eigenvalue weighted by Crippen LogP contribution is 2.34. The zero-order chi connectivity index (χ0) is 20.2. The Labute approximate surface area is 173 Å². The van der Waals surface area contributed by atoms with Gasteiger partial charge in [-0.2, -0.15) is 0 Å². The van der Waals surface area contributed by atoms with E-state index in [4.69, 9.17) is 4.74 Å². The molecular weight excluding hydrogens is 362 g/mol. The number of benzene rings is 2. The van der Waals surface area contributed by atoms with Gasteiger partial charge in [0.15, 0.2) is 0 Å². The average Bonchev–Trinajstić information content (AvgIpc) is 3.32. The molecule has 2 aliphatic heterocycles. The Morgan fingerprint density at radius 3 is 2.62 bits per heavy atom. The largest absolute Gasteiger partial charge is 0.494 e. The number of anilines is 2. The topological polar surface area (TPSA) is 44.8 Å². The van der Waals surface area contributed by atoms with Gasteiger partial charge in [0.1, 0.15) is 5.75 Å². The number of rotatable bonds is 7. The second-order valence-electron chi connectivity index (χ2n) is 7.75. The van der Waals surface area contributed by atoms with E-state index in [9.17, 15) is 4.79 Å². The fourth-order valence-electron chi connectivity index (χ4n) is 4.01. The average molecular weight is 392 g/mol. The smallest absolute Gasteiger partial charge is 0.255 e. The van der Waals surface area contributed by atoms with Crippen molar-refractivity contribution >= 4 is 17.3 Å². The molecule has 2 aromatic rings. The molecule has 29 heavy (non-hydrogen) atoms. The van der Waals surface area contributed by atoms with Crippen molar-refractivity contribution in [3.8, 4) is 5.75 Å². The number of carbonyl (C=O) groups is 1. The Bertz CT molecular complexity index is 874. The van der Waals surface area contributed by atoms with Crippen LogP contribution >= 0.6 is 0 Å². The molecule has 0 bridgehead atoms. The van der Waals surface area contributed by atoms with E-state index in [1.807, 2.05) is 24.3 Å². The molecule has 1 fully saturated rings. The Balaban J connectivity index is 1.36. The molecule has 152 valence electrons. The summed E-state index contributed by atoms with van der Waals surface area (Å²) in [7, 11) is 2.18. The number of fused-ring (bicyclic) bond motifs is 1. The lowest BCUT2D eigenvalue weighted by atomic mass is 10.2. The van der Waals surface area contributed by atoms with Gasteiger partial charge in [-0.3, -0.25) is 9.69 Å². The summed E-state index contributed by atoms with van der Waals surface area (Å²) >= 11 is 0. The van der Waals surface area contributed by atoms with Gasteiger partial charge in [0.05, 0.1) is 12.6 Å². The standard InChI is InChI=1S/C24H29N3O2/c1-3-4-17-29-21-11-5-18(6-12-21)24(28)25-19-7-9-20(10-8-19)27-16-14-22-23(27)13-15-26(22)2/h5-13,22H,3-4,14-17H2,1-2H3,(H,25,28). The number of nitrogens with zero attached hydrogens (tertiary/aromatic N) is 2. The maximum Gasteiger partial charge on any atom is 0.255 e. The molecule has 4 rings (SSSR count). The summed E-state index contributed by atoms with van der Waals surface area (Å²) < 4.78 is 5.65. The lowest BCUT2D eigenvalue weighted by Crippen LogP contribution is -2.26. The Kier molecular flexibility index (Phi) is 5.86. The van der Waals surface area contributed by atoms with Crippen LogP contribution in [0, 0.1) is 0 Å². The highest BCUT2D eigenvalue weighted by atomic mass is 16.5. The predicted molar refractivity (Wildman–Crippen MR) is 118 cm³/mol. The first kappa shape index (κ1) is 19.5. The minimum atomic E-state index is -0.112. The third-order valence-corrected chi connectivity index (χ3v) is 5.72. The van der Waals surface area contributed by atoms with Crippen molar-refractivity contribution in [2.45, 2.75) is 32.2 Å². The van der Waals surface area contributed by atoms with Crippen LogP contribution in [0.2, 0.25) is 0 Å². The molecule has 2 heterocycles. The van der Waals surface area contributed by atoms with Gasteiger partial charge in [-0.05, 0) is 74.5 Å².